The molecule has 0 aromatic rings. The molecule has 0 bridgehead atoms. The Bertz CT molecular complexity index is 146. The zero-order chi connectivity index (χ0) is 10.4. The highest BCUT2D eigenvalue weighted by Crippen LogP contribution is 2.18. The highest BCUT2D eigenvalue weighted by Gasteiger charge is 2.18. The molecule has 0 aromatic heterocycles. The van der Waals surface area contributed by atoms with E-state index in [1.54, 1.807) is 0 Å². The molecule has 84 valence electrons. The van der Waals surface area contributed by atoms with E-state index in [4.69, 9.17) is 0 Å². The lowest BCUT2D eigenvalue weighted by atomic mass is 9.93. The SMILES string of the molecule is CSC(C)CCNC1CCC(O)CC1. The van der Waals surface area contributed by atoms with E-state index >= 15 is 0 Å². The first-order chi connectivity index (χ1) is 6.72. The molecule has 1 aliphatic rings. The summed E-state index contributed by atoms with van der Waals surface area (Å²) >= 11 is 1.93. The van der Waals surface area contributed by atoms with Crippen LogP contribution in [0.3, 0.4) is 0 Å². The lowest BCUT2D eigenvalue weighted by molar-refractivity contribution is 0.117. The van der Waals surface area contributed by atoms with Gasteiger partial charge in [-0.15, -0.1) is 0 Å². The first kappa shape index (κ1) is 12.3. The Balaban J connectivity index is 2.02. The minimum Gasteiger partial charge on any atom is -0.393 e. The summed E-state index contributed by atoms with van der Waals surface area (Å²) in [5.74, 6) is 0. The summed E-state index contributed by atoms with van der Waals surface area (Å²) in [5.41, 5.74) is 0. The normalized spacial score (nSPS) is 30.2. The number of rotatable bonds is 5. The fourth-order valence-corrected chi connectivity index (χ4v) is 2.24. The van der Waals surface area contributed by atoms with Gasteiger partial charge in [-0.25, -0.2) is 0 Å². The second-order valence-electron chi connectivity index (χ2n) is 4.29. The van der Waals surface area contributed by atoms with E-state index in [0.29, 0.717) is 6.04 Å². The van der Waals surface area contributed by atoms with Gasteiger partial charge in [0.15, 0.2) is 0 Å². The maximum atomic E-state index is 9.35. The first-order valence-electron chi connectivity index (χ1n) is 5.66. The lowest BCUT2D eigenvalue weighted by Crippen LogP contribution is -2.35. The zero-order valence-corrected chi connectivity index (χ0v) is 10.1. The lowest BCUT2D eigenvalue weighted by Gasteiger charge is -2.26. The molecule has 0 spiro atoms. The zero-order valence-electron chi connectivity index (χ0n) is 9.33. The third-order valence-corrected chi connectivity index (χ3v) is 4.12. The summed E-state index contributed by atoms with van der Waals surface area (Å²) in [5, 5.41) is 13.7. The van der Waals surface area contributed by atoms with E-state index in [1.165, 1.54) is 6.42 Å². The monoisotopic (exact) mass is 217 g/mol. The van der Waals surface area contributed by atoms with Crippen LogP contribution in [0.5, 0.6) is 0 Å². The van der Waals surface area contributed by atoms with Crippen molar-refractivity contribution in [3.8, 4) is 0 Å². The molecule has 2 N–H and O–H groups in total. The van der Waals surface area contributed by atoms with E-state index in [2.05, 4.69) is 18.5 Å². The molecule has 14 heavy (non-hydrogen) atoms. The van der Waals surface area contributed by atoms with Gasteiger partial charge in [0, 0.05) is 11.3 Å². The van der Waals surface area contributed by atoms with Crippen LogP contribution in [0.4, 0.5) is 0 Å². The maximum Gasteiger partial charge on any atom is 0.0541 e. The quantitative estimate of drug-likeness (QED) is 0.739. The molecular weight excluding hydrogens is 194 g/mol. The summed E-state index contributed by atoms with van der Waals surface area (Å²) in [6.45, 7) is 3.40. The molecule has 0 radical (unpaired) electrons. The van der Waals surface area contributed by atoms with Crippen LogP contribution in [-0.2, 0) is 0 Å². The molecule has 1 unspecified atom stereocenters. The van der Waals surface area contributed by atoms with Crippen molar-refractivity contribution < 1.29 is 5.11 Å². The topological polar surface area (TPSA) is 32.3 Å². The smallest absolute Gasteiger partial charge is 0.0541 e. The Morgan fingerprint density at radius 3 is 2.57 bits per heavy atom. The molecule has 0 aromatic carbocycles. The number of aliphatic hydroxyl groups excluding tert-OH is 1. The standard InChI is InChI=1S/C11H23NOS/c1-9(14-2)7-8-12-10-3-5-11(13)6-4-10/h9-13H,3-8H2,1-2H3. The number of nitrogens with one attached hydrogen (secondary N) is 1. The fraction of sp³-hybridized carbons (Fsp3) is 1.00. The minimum atomic E-state index is -0.0295. The number of thioether (sulfide) groups is 1. The molecule has 1 fully saturated rings. The largest absolute Gasteiger partial charge is 0.393 e. The molecule has 1 atom stereocenters. The van der Waals surface area contributed by atoms with Gasteiger partial charge in [-0.1, -0.05) is 6.92 Å². The Morgan fingerprint density at radius 1 is 1.36 bits per heavy atom. The molecule has 2 nitrogen and oxygen atoms in total. The van der Waals surface area contributed by atoms with E-state index in [1.807, 2.05) is 11.8 Å². The van der Waals surface area contributed by atoms with Crippen molar-refractivity contribution in [2.24, 2.45) is 0 Å². The molecule has 0 aliphatic heterocycles. The van der Waals surface area contributed by atoms with E-state index in [9.17, 15) is 5.11 Å². The van der Waals surface area contributed by atoms with Crippen molar-refractivity contribution in [1.82, 2.24) is 5.32 Å². The molecule has 1 saturated carbocycles. The molecule has 0 heterocycles. The molecule has 1 rings (SSSR count). The number of aliphatic hydroxyl groups is 1. The van der Waals surface area contributed by atoms with Crippen LogP contribution in [-0.4, -0.2) is 35.3 Å². The van der Waals surface area contributed by atoms with Crippen molar-refractivity contribution in [2.75, 3.05) is 12.8 Å². The van der Waals surface area contributed by atoms with Gasteiger partial charge in [0.1, 0.15) is 0 Å². The highest BCUT2D eigenvalue weighted by molar-refractivity contribution is 7.99. The average Bonchev–Trinajstić information content (AvgIpc) is 2.21. The summed E-state index contributed by atoms with van der Waals surface area (Å²) in [7, 11) is 0. The molecule has 3 heteroatoms. The van der Waals surface area contributed by atoms with Crippen LogP contribution in [0.25, 0.3) is 0 Å². The summed E-state index contributed by atoms with van der Waals surface area (Å²) in [4.78, 5) is 0. The Kier molecular flexibility index (Phi) is 5.90. The summed E-state index contributed by atoms with van der Waals surface area (Å²) in [6, 6.07) is 0.660. The average molecular weight is 217 g/mol. The molecule has 0 saturated heterocycles. The molecular formula is C11H23NOS. The third-order valence-electron chi connectivity index (χ3n) is 3.08. The van der Waals surface area contributed by atoms with Gasteiger partial charge in [-0.2, -0.15) is 11.8 Å². The van der Waals surface area contributed by atoms with Gasteiger partial charge in [-0.05, 0) is 44.9 Å². The van der Waals surface area contributed by atoms with Crippen molar-refractivity contribution >= 4 is 11.8 Å². The van der Waals surface area contributed by atoms with Gasteiger partial charge in [0.05, 0.1) is 6.10 Å². The second-order valence-corrected chi connectivity index (χ2v) is 5.57. The third kappa shape index (κ3) is 4.67. The molecule has 1 aliphatic carbocycles. The summed E-state index contributed by atoms with van der Waals surface area (Å²) in [6.07, 6.45) is 7.65. The van der Waals surface area contributed by atoms with Crippen LogP contribution in [0, 0.1) is 0 Å². The minimum absolute atomic E-state index is 0.0295. The van der Waals surface area contributed by atoms with Gasteiger partial charge >= 0.3 is 0 Å². The molecule has 0 amide bonds. The van der Waals surface area contributed by atoms with Crippen molar-refractivity contribution in [2.45, 2.75) is 56.4 Å². The highest BCUT2D eigenvalue weighted by atomic mass is 32.2. The van der Waals surface area contributed by atoms with Crippen LogP contribution in [0.2, 0.25) is 0 Å². The van der Waals surface area contributed by atoms with Gasteiger partial charge in [0.2, 0.25) is 0 Å². The van der Waals surface area contributed by atoms with Crippen molar-refractivity contribution in [3.63, 3.8) is 0 Å². The van der Waals surface area contributed by atoms with Crippen LogP contribution < -0.4 is 5.32 Å². The Hall–Kier alpha value is 0.270. The van der Waals surface area contributed by atoms with Crippen LogP contribution >= 0.6 is 11.8 Å². The second kappa shape index (κ2) is 6.70. The van der Waals surface area contributed by atoms with Crippen molar-refractivity contribution in [1.29, 1.82) is 0 Å². The number of hydrogen-bond donors (Lipinski definition) is 2. The van der Waals surface area contributed by atoms with Gasteiger partial charge in [-0.3, -0.25) is 0 Å². The van der Waals surface area contributed by atoms with Crippen LogP contribution in [0.15, 0.2) is 0 Å². The van der Waals surface area contributed by atoms with Crippen molar-refractivity contribution in [3.05, 3.63) is 0 Å². The first-order valence-corrected chi connectivity index (χ1v) is 6.95. The Labute approximate surface area is 91.9 Å². The Morgan fingerprint density at radius 2 is 2.00 bits per heavy atom. The van der Waals surface area contributed by atoms with Gasteiger partial charge in [0.25, 0.3) is 0 Å². The predicted octanol–water partition coefficient (Wildman–Crippen LogP) is 2.02. The summed E-state index contributed by atoms with van der Waals surface area (Å²) < 4.78 is 0. The van der Waals surface area contributed by atoms with E-state index in [-0.39, 0.29) is 6.10 Å². The predicted molar refractivity (Wildman–Crippen MR) is 63.9 cm³/mol. The fourth-order valence-electron chi connectivity index (χ4n) is 1.89. The van der Waals surface area contributed by atoms with Crippen LogP contribution in [0.1, 0.15) is 39.0 Å². The maximum absolute atomic E-state index is 9.35. The number of hydrogen-bond acceptors (Lipinski definition) is 3. The van der Waals surface area contributed by atoms with Gasteiger partial charge < -0.3 is 10.4 Å². The van der Waals surface area contributed by atoms with E-state index < -0.39 is 0 Å². The van der Waals surface area contributed by atoms with E-state index in [0.717, 1.165) is 37.5 Å².